The fourth-order valence-corrected chi connectivity index (χ4v) is 4.03. The summed E-state index contributed by atoms with van der Waals surface area (Å²) < 4.78 is 26.1. The minimum atomic E-state index is -3.68. The molecule has 0 saturated carbocycles. The van der Waals surface area contributed by atoms with Gasteiger partial charge in [-0.15, -0.1) is 0 Å². The van der Waals surface area contributed by atoms with Crippen LogP contribution in [0.5, 0.6) is 0 Å². The Hall–Kier alpha value is -2.23. The lowest BCUT2D eigenvalue weighted by Gasteiger charge is -2.14. The molecule has 0 aliphatic heterocycles. The number of rotatable bonds is 7. The van der Waals surface area contributed by atoms with Gasteiger partial charge in [-0.2, -0.15) is 0 Å². The van der Waals surface area contributed by atoms with Crippen molar-refractivity contribution in [2.75, 3.05) is 27.2 Å². The smallest absolute Gasteiger partial charge is 0.251 e. The topological polar surface area (TPSA) is 95.6 Å². The predicted octanol–water partition coefficient (Wildman–Crippen LogP) is 1.86. The zero-order valence-electron chi connectivity index (χ0n) is 14.9. The Balaban J connectivity index is 1.96. The van der Waals surface area contributed by atoms with Gasteiger partial charge >= 0.3 is 0 Å². The molecule has 0 radical (unpaired) electrons. The lowest BCUT2D eigenvalue weighted by molar-refractivity contribution is 0.0927. The van der Waals surface area contributed by atoms with Crippen LogP contribution in [-0.4, -0.2) is 51.7 Å². The summed E-state index contributed by atoms with van der Waals surface area (Å²) in [5.74, 6) is -0.653. The van der Waals surface area contributed by atoms with E-state index >= 15 is 0 Å². The van der Waals surface area contributed by atoms with Crippen molar-refractivity contribution in [3.05, 3.63) is 64.1 Å². The molecule has 0 aromatic heterocycles. The molecule has 0 heterocycles. The van der Waals surface area contributed by atoms with Gasteiger partial charge in [0, 0.05) is 42.8 Å². The fraction of sp³-hybridized carbons (Fsp3) is 0.222. The molecule has 2 aromatic carbocycles. The molecule has 27 heavy (non-hydrogen) atoms. The van der Waals surface area contributed by atoms with Crippen LogP contribution in [0.3, 0.4) is 0 Å². The molecular formula is C18H20BrN3O4S. The predicted molar refractivity (Wildman–Crippen MR) is 106 cm³/mol. The SMILES string of the molecule is CN(C)S(=O)(=O)c1cc(C(=O)NCCNC(=O)c2ccccc2)ccc1Br. The van der Waals surface area contributed by atoms with Gasteiger partial charge in [0.25, 0.3) is 11.8 Å². The molecule has 2 amide bonds. The minimum absolute atomic E-state index is 0.0116. The largest absolute Gasteiger partial charge is 0.350 e. The third kappa shape index (κ3) is 5.38. The van der Waals surface area contributed by atoms with Gasteiger partial charge in [0.05, 0.1) is 4.90 Å². The summed E-state index contributed by atoms with van der Waals surface area (Å²) in [5.41, 5.74) is 0.753. The molecule has 0 aliphatic rings. The van der Waals surface area contributed by atoms with Crippen molar-refractivity contribution in [3.8, 4) is 0 Å². The number of nitrogens with one attached hydrogen (secondary N) is 2. The first kappa shape index (κ1) is 21.1. The molecule has 0 saturated heterocycles. The molecule has 2 rings (SSSR count). The number of carbonyl (C=O) groups excluding carboxylic acids is 2. The maximum Gasteiger partial charge on any atom is 0.251 e. The molecule has 9 heteroatoms. The summed E-state index contributed by atoms with van der Waals surface area (Å²) in [6, 6.07) is 13.1. The second-order valence-corrected chi connectivity index (χ2v) is 8.79. The van der Waals surface area contributed by atoms with Crippen molar-refractivity contribution in [1.29, 1.82) is 0 Å². The van der Waals surface area contributed by atoms with Crippen LogP contribution < -0.4 is 10.6 Å². The normalized spacial score (nSPS) is 11.3. The van der Waals surface area contributed by atoms with E-state index in [1.807, 2.05) is 6.07 Å². The highest BCUT2D eigenvalue weighted by Crippen LogP contribution is 2.25. The average molecular weight is 454 g/mol. The zero-order valence-corrected chi connectivity index (χ0v) is 17.3. The van der Waals surface area contributed by atoms with Crippen molar-refractivity contribution in [2.45, 2.75) is 4.90 Å². The molecule has 7 nitrogen and oxygen atoms in total. The van der Waals surface area contributed by atoms with E-state index in [1.165, 1.54) is 32.3 Å². The van der Waals surface area contributed by atoms with Gasteiger partial charge in [-0.1, -0.05) is 18.2 Å². The number of amides is 2. The lowest BCUT2D eigenvalue weighted by atomic mass is 10.2. The number of benzene rings is 2. The first-order valence-corrected chi connectivity index (χ1v) is 10.3. The van der Waals surface area contributed by atoms with Crippen molar-refractivity contribution < 1.29 is 18.0 Å². The van der Waals surface area contributed by atoms with Crippen LogP contribution in [0.2, 0.25) is 0 Å². The molecular weight excluding hydrogens is 434 g/mol. The highest BCUT2D eigenvalue weighted by molar-refractivity contribution is 9.10. The maximum absolute atomic E-state index is 12.3. The molecule has 0 atom stereocenters. The Bertz CT molecular complexity index is 931. The summed E-state index contributed by atoms with van der Waals surface area (Å²) in [4.78, 5) is 24.2. The summed E-state index contributed by atoms with van der Waals surface area (Å²) in [7, 11) is -0.840. The van der Waals surface area contributed by atoms with Gasteiger partial charge in [-0.25, -0.2) is 12.7 Å². The van der Waals surface area contributed by atoms with Gasteiger partial charge in [0.2, 0.25) is 10.0 Å². The molecule has 0 aliphatic carbocycles. The Labute approximate surface area is 166 Å². The summed E-state index contributed by atoms with van der Waals surface area (Å²) >= 11 is 3.20. The van der Waals surface area contributed by atoms with Crippen molar-refractivity contribution in [3.63, 3.8) is 0 Å². The van der Waals surface area contributed by atoms with Crippen LogP contribution >= 0.6 is 15.9 Å². The Kier molecular flexibility index (Phi) is 7.11. The van der Waals surface area contributed by atoms with E-state index in [0.717, 1.165) is 4.31 Å². The first-order valence-electron chi connectivity index (χ1n) is 8.07. The van der Waals surface area contributed by atoms with Crippen molar-refractivity contribution in [1.82, 2.24) is 14.9 Å². The summed E-state index contributed by atoms with van der Waals surface area (Å²) in [6.07, 6.45) is 0. The maximum atomic E-state index is 12.3. The Morgan fingerprint density at radius 3 is 2.04 bits per heavy atom. The first-order chi connectivity index (χ1) is 12.7. The molecule has 0 bridgehead atoms. The van der Waals surface area contributed by atoms with Crippen LogP contribution in [0.15, 0.2) is 57.9 Å². The highest BCUT2D eigenvalue weighted by atomic mass is 79.9. The Morgan fingerprint density at radius 1 is 0.926 bits per heavy atom. The van der Waals surface area contributed by atoms with Crippen LogP contribution in [0.4, 0.5) is 0 Å². The highest BCUT2D eigenvalue weighted by Gasteiger charge is 2.22. The van der Waals surface area contributed by atoms with E-state index < -0.39 is 15.9 Å². The quantitative estimate of drug-likeness (QED) is 0.625. The second kappa shape index (κ2) is 9.12. The molecule has 0 fully saturated rings. The monoisotopic (exact) mass is 453 g/mol. The summed E-state index contributed by atoms with van der Waals surface area (Å²) in [5, 5.41) is 5.36. The standard InChI is InChI=1S/C18H20BrN3O4S/c1-22(2)27(25,26)16-12-14(8-9-15(16)19)18(24)21-11-10-20-17(23)13-6-4-3-5-7-13/h3-9,12H,10-11H2,1-2H3,(H,20,23)(H,21,24). The average Bonchev–Trinajstić information content (AvgIpc) is 2.65. The van der Waals surface area contributed by atoms with E-state index in [0.29, 0.717) is 10.0 Å². The van der Waals surface area contributed by atoms with Gasteiger partial charge in [0.15, 0.2) is 0 Å². The number of carbonyl (C=O) groups is 2. The van der Waals surface area contributed by atoms with E-state index in [-0.39, 0.29) is 29.5 Å². The van der Waals surface area contributed by atoms with Crippen molar-refractivity contribution >= 4 is 37.8 Å². The van der Waals surface area contributed by atoms with E-state index in [1.54, 1.807) is 24.3 Å². The Morgan fingerprint density at radius 2 is 1.48 bits per heavy atom. The molecule has 144 valence electrons. The molecule has 2 N–H and O–H groups in total. The van der Waals surface area contributed by atoms with E-state index in [9.17, 15) is 18.0 Å². The van der Waals surface area contributed by atoms with Gasteiger partial charge < -0.3 is 10.6 Å². The van der Waals surface area contributed by atoms with E-state index in [4.69, 9.17) is 0 Å². The zero-order chi connectivity index (χ0) is 20.0. The van der Waals surface area contributed by atoms with Crippen LogP contribution in [-0.2, 0) is 10.0 Å². The number of hydrogen-bond donors (Lipinski definition) is 2. The second-order valence-electron chi connectivity index (χ2n) is 5.81. The molecule has 0 spiro atoms. The summed E-state index contributed by atoms with van der Waals surface area (Å²) in [6.45, 7) is 0.460. The third-order valence-electron chi connectivity index (χ3n) is 3.68. The molecule has 0 unspecified atom stereocenters. The number of halogens is 1. The fourth-order valence-electron chi connectivity index (χ4n) is 2.18. The van der Waals surface area contributed by atoms with Gasteiger partial charge in [-0.3, -0.25) is 9.59 Å². The third-order valence-corrected chi connectivity index (χ3v) is 6.49. The number of hydrogen-bond acceptors (Lipinski definition) is 4. The van der Waals surface area contributed by atoms with Crippen LogP contribution in [0.25, 0.3) is 0 Å². The van der Waals surface area contributed by atoms with E-state index in [2.05, 4.69) is 26.6 Å². The van der Waals surface area contributed by atoms with Crippen LogP contribution in [0, 0.1) is 0 Å². The molecule has 2 aromatic rings. The number of nitrogens with zero attached hydrogens (tertiary/aromatic N) is 1. The van der Waals surface area contributed by atoms with Gasteiger partial charge in [0.1, 0.15) is 0 Å². The number of sulfonamides is 1. The van der Waals surface area contributed by atoms with Crippen LogP contribution in [0.1, 0.15) is 20.7 Å². The van der Waals surface area contributed by atoms with Gasteiger partial charge in [-0.05, 0) is 46.3 Å². The minimum Gasteiger partial charge on any atom is -0.350 e. The van der Waals surface area contributed by atoms with Crippen molar-refractivity contribution in [2.24, 2.45) is 0 Å². The lowest BCUT2D eigenvalue weighted by Crippen LogP contribution is -2.34.